The summed E-state index contributed by atoms with van der Waals surface area (Å²) in [5.41, 5.74) is 0. The van der Waals surface area contributed by atoms with Crippen LogP contribution < -0.4 is 5.32 Å². The zero-order valence-corrected chi connectivity index (χ0v) is 8.65. The minimum atomic E-state index is 0. The van der Waals surface area contributed by atoms with E-state index in [0.717, 1.165) is 32.3 Å². The molecule has 2 aliphatic rings. The Kier molecular flexibility index (Phi) is 5.02. The van der Waals surface area contributed by atoms with Crippen molar-refractivity contribution in [2.75, 3.05) is 26.4 Å². The van der Waals surface area contributed by atoms with Crippen LogP contribution in [0.2, 0.25) is 0 Å². The number of hydrogen-bond acceptors (Lipinski definition) is 3. The predicted molar refractivity (Wildman–Crippen MR) is 53.2 cm³/mol. The Hall–Kier alpha value is 0.170. The molecular formula is C9H18ClNO2. The van der Waals surface area contributed by atoms with Crippen molar-refractivity contribution in [3.63, 3.8) is 0 Å². The number of ether oxygens (including phenoxy) is 2. The van der Waals surface area contributed by atoms with Gasteiger partial charge in [-0.1, -0.05) is 0 Å². The van der Waals surface area contributed by atoms with E-state index in [4.69, 9.17) is 9.47 Å². The van der Waals surface area contributed by atoms with Crippen molar-refractivity contribution < 1.29 is 9.47 Å². The van der Waals surface area contributed by atoms with Crippen LogP contribution in [-0.2, 0) is 9.47 Å². The molecule has 0 radical (unpaired) electrons. The summed E-state index contributed by atoms with van der Waals surface area (Å²) in [7, 11) is 0. The molecule has 1 unspecified atom stereocenters. The van der Waals surface area contributed by atoms with Gasteiger partial charge in [0.25, 0.3) is 0 Å². The number of rotatable bonds is 2. The number of hydrogen-bond donors (Lipinski definition) is 1. The molecule has 0 aromatic rings. The Morgan fingerprint density at radius 2 is 1.92 bits per heavy atom. The minimum Gasteiger partial charge on any atom is -0.381 e. The largest absolute Gasteiger partial charge is 0.381 e. The minimum absolute atomic E-state index is 0. The fourth-order valence-electron chi connectivity index (χ4n) is 1.92. The van der Waals surface area contributed by atoms with E-state index in [1.54, 1.807) is 0 Å². The molecule has 0 aromatic heterocycles. The zero-order chi connectivity index (χ0) is 8.23. The average Bonchev–Trinajstić information content (AvgIpc) is 2.59. The molecule has 0 aromatic carbocycles. The Morgan fingerprint density at radius 3 is 2.54 bits per heavy atom. The van der Waals surface area contributed by atoms with Gasteiger partial charge in [0.15, 0.2) is 0 Å². The van der Waals surface area contributed by atoms with Crippen LogP contribution in [0.3, 0.4) is 0 Å². The highest BCUT2D eigenvalue weighted by molar-refractivity contribution is 5.85. The summed E-state index contributed by atoms with van der Waals surface area (Å²) < 4.78 is 10.8. The summed E-state index contributed by atoms with van der Waals surface area (Å²) >= 11 is 0. The van der Waals surface area contributed by atoms with Gasteiger partial charge < -0.3 is 9.47 Å². The van der Waals surface area contributed by atoms with E-state index in [1.807, 2.05) is 0 Å². The highest BCUT2D eigenvalue weighted by atomic mass is 35.5. The molecule has 0 spiro atoms. The lowest BCUT2D eigenvalue weighted by atomic mass is 9.96. The maximum Gasteiger partial charge on any atom is 0.108 e. The summed E-state index contributed by atoms with van der Waals surface area (Å²) in [5, 5.41) is 3.34. The van der Waals surface area contributed by atoms with Gasteiger partial charge in [0.05, 0.1) is 6.61 Å². The Balaban J connectivity index is 0.000000845. The molecule has 2 rings (SSSR count). The second-order valence-corrected chi connectivity index (χ2v) is 3.61. The van der Waals surface area contributed by atoms with Gasteiger partial charge in [-0.2, -0.15) is 0 Å². The van der Waals surface area contributed by atoms with Crippen LogP contribution in [0.15, 0.2) is 0 Å². The average molecular weight is 208 g/mol. The van der Waals surface area contributed by atoms with Crippen LogP contribution in [0.5, 0.6) is 0 Å². The summed E-state index contributed by atoms with van der Waals surface area (Å²) in [5.74, 6) is 0.814. The molecule has 3 nitrogen and oxygen atoms in total. The molecule has 2 aliphatic heterocycles. The van der Waals surface area contributed by atoms with E-state index in [2.05, 4.69) is 5.32 Å². The molecule has 2 saturated heterocycles. The molecule has 1 N–H and O–H groups in total. The van der Waals surface area contributed by atoms with Crippen molar-refractivity contribution in [1.29, 1.82) is 0 Å². The first kappa shape index (κ1) is 11.2. The standard InChI is InChI=1S/C9H17NO2.ClH/c1-4-11-5-2-8(1)7-9-10-3-6-12-9;/h8-10H,1-7H2;1H. The van der Waals surface area contributed by atoms with Gasteiger partial charge in [0, 0.05) is 19.8 Å². The molecular weight excluding hydrogens is 190 g/mol. The maximum atomic E-state index is 5.50. The molecule has 78 valence electrons. The summed E-state index contributed by atoms with van der Waals surface area (Å²) in [4.78, 5) is 0. The summed E-state index contributed by atoms with van der Waals surface area (Å²) in [6, 6.07) is 0. The van der Waals surface area contributed by atoms with Crippen LogP contribution in [0.1, 0.15) is 19.3 Å². The smallest absolute Gasteiger partial charge is 0.108 e. The topological polar surface area (TPSA) is 30.5 Å². The number of nitrogens with one attached hydrogen (secondary N) is 1. The second-order valence-electron chi connectivity index (χ2n) is 3.61. The highest BCUT2D eigenvalue weighted by Crippen LogP contribution is 2.21. The van der Waals surface area contributed by atoms with Crippen LogP contribution in [0, 0.1) is 5.92 Å². The first-order valence-corrected chi connectivity index (χ1v) is 4.88. The Labute approximate surface area is 85.6 Å². The van der Waals surface area contributed by atoms with Crippen molar-refractivity contribution in [3.8, 4) is 0 Å². The van der Waals surface area contributed by atoms with E-state index < -0.39 is 0 Å². The van der Waals surface area contributed by atoms with Gasteiger partial charge in [0.2, 0.25) is 0 Å². The third-order valence-electron chi connectivity index (χ3n) is 2.68. The lowest BCUT2D eigenvalue weighted by molar-refractivity contribution is 0.0294. The van der Waals surface area contributed by atoms with Crippen molar-refractivity contribution in [3.05, 3.63) is 0 Å². The van der Waals surface area contributed by atoms with Crippen molar-refractivity contribution >= 4 is 12.4 Å². The molecule has 0 aliphatic carbocycles. The van der Waals surface area contributed by atoms with Crippen molar-refractivity contribution in [2.45, 2.75) is 25.5 Å². The lowest BCUT2D eigenvalue weighted by Gasteiger charge is -2.24. The van der Waals surface area contributed by atoms with Crippen molar-refractivity contribution in [1.82, 2.24) is 5.32 Å². The van der Waals surface area contributed by atoms with Crippen LogP contribution >= 0.6 is 12.4 Å². The first-order valence-electron chi connectivity index (χ1n) is 4.88. The summed E-state index contributed by atoms with van der Waals surface area (Å²) in [6.07, 6.45) is 3.92. The molecule has 1 atom stereocenters. The first-order chi connectivity index (χ1) is 5.95. The van der Waals surface area contributed by atoms with Gasteiger partial charge in [-0.25, -0.2) is 0 Å². The van der Waals surface area contributed by atoms with Gasteiger partial charge in [-0.05, 0) is 25.2 Å². The third-order valence-corrected chi connectivity index (χ3v) is 2.68. The van der Waals surface area contributed by atoms with E-state index in [9.17, 15) is 0 Å². The Bertz CT molecular complexity index is 134. The fourth-order valence-corrected chi connectivity index (χ4v) is 1.92. The van der Waals surface area contributed by atoms with Gasteiger partial charge in [-0.3, -0.25) is 5.32 Å². The van der Waals surface area contributed by atoms with Crippen LogP contribution in [0.25, 0.3) is 0 Å². The molecule has 0 amide bonds. The van der Waals surface area contributed by atoms with Gasteiger partial charge >= 0.3 is 0 Å². The molecule has 0 bridgehead atoms. The van der Waals surface area contributed by atoms with E-state index >= 15 is 0 Å². The van der Waals surface area contributed by atoms with Crippen molar-refractivity contribution in [2.24, 2.45) is 5.92 Å². The fraction of sp³-hybridized carbons (Fsp3) is 1.00. The molecule has 2 fully saturated rings. The van der Waals surface area contributed by atoms with E-state index in [1.165, 1.54) is 19.3 Å². The SMILES string of the molecule is C1COC(CC2CCOCC2)N1.Cl. The van der Waals surface area contributed by atoms with Crippen LogP contribution in [-0.4, -0.2) is 32.6 Å². The quantitative estimate of drug-likeness (QED) is 0.738. The van der Waals surface area contributed by atoms with E-state index in [-0.39, 0.29) is 12.4 Å². The van der Waals surface area contributed by atoms with Gasteiger partial charge in [-0.15, -0.1) is 12.4 Å². The third kappa shape index (κ3) is 3.43. The summed E-state index contributed by atoms with van der Waals surface area (Å²) in [6.45, 7) is 3.79. The molecule has 0 saturated carbocycles. The van der Waals surface area contributed by atoms with Gasteiger partial charge in [0.1, 0.15) is 6.23 Å². The van der Waals surface area contributed by atoms with Crippen LogP contribution in [0.4, 0.5) is 0 Å². The molecule has 4 heteroatoms. The normalized spacial score (nSPS) is 30.0. The van der Waals surface area contributed by atoms with E-state index in [0.29, 0.717) is 6.23 Å². The maximum absolute atomic E-state index is 5.50. The zero-order valence-electron chi connectivity index (χ0n) is 7.83. The molecule has 2 heterocycles. The highest BCUT2D eigenvalue weighted by Gasteiger charge is 2.21. The lowest BCUT2D eigenvalue weighted by Crippen LogP contribution is -2.28. The number of halogens is 1. The second kappa shape index (κ2) is 5.81. The monoisotopic (exact) mass is 207 g/mol. The Morgan fingerprint density at radius 1 is 1.15 bits per heavy atom. The predicted octanol–water partition coefficient (Wildman–Crippen LogP) is 1.17. The molecule has 13 heavy (non-hydrogen) atoms.